The van der Waals surface area contributed by atoms with E-state index < -0.39 is 0 Å². The van der Waals surface area contributed by atoms with Gasteiger partial charge < -0.3 is 15.5 Å². The highest BCUT2D eigenvalue weighted by Gasteiger charge is 2.19. The fraction of sp³-hybridized carbons (Fsp3) is 0.238. The normalized spacial score (nSPS) is 14.4. The van der Waals surface area contributed by atoms with Gasteiger partial charge in [-0.3, -0.25) is 9.48 Å². The van der Waals surface area contributed by atoms with Crippen LogP contribution >= 0.6 is 0 Å². The van der Waals surface area contributed by atoms with Crippen LogP contribution in [0.5, 0.6) is 0 Å². The smallest absolute Gasteiger partial charge is 0.257 e. The molecule has 1 aliphatic heterocycles. The van der Waals surface area contributed by atoms with Crippen molar-refractivity contribution < 1.29 is 4.79 Å². The number of amides is 1. The van der Waals surface area contributed by atoms with E-state index in [1.165, 1.54) is 0 Å². The Labute approximate surface area is 167 Å². The van der Waals surface area contributed by atoms with Gasteiger partial charge in [-0.2, -0.15) is 10.2 Å². The molecule has 2 aromatic heterocycles. The van der Waals surface area contributed by atoms with E-state index in [0.29, 0.717) is 16.8 Å². The summed E-state index contributed by atoms with van der Waals surface area (Å²) in [5.41, 5.74) is 3.74. The molecule has 0 unspecified atom stereocenters. The molecular formula is C21H21N7O. The highest BCUT2D eigenvalue weighted by Crippen LogP contribution is 2.29. The fourth-order valence-electron chi connectivity index (χ4n) is 3.85. The molecule has 146 valence electrons. The van der Waals surface area contributed by atoms with Crippen molar-refractivity contribution in [2.45, 2.75) is 0 Å². The Kier molecular flexibility index (Phi) is 4.33. The molecule has 0 bridgehead atoms. The third-order valence-corrected chi connectivity index (χ3v) is 5.24. The number of aryl methyl sites for hydroxylation is 1. The molecule has 1 fully saturated rings. The number of hydrogen-bond acceptors (Lipinski definition) is 6. The van der Waals surface area contributed by atoms with Gasteiger partial charge in [-0.05, 0) is 36.4 Å². The lowest BCUT2D eigenvalue weighted by molar-refractivity contribution is 0.102. The Hall–Kier alpha value is -3.52. The van der Waals surface area contributed by atoms with Crippen LogP contribution in [0.25, 0.3) is 21.8 Å². The molecule has 2 aromatic carbocycles. The Balaban J connectivity index is 1.49. The second-order valence-corrected chi connectivity index (χ2v) is 7.19. The van der Waals surface area contributed by atoms with E-state index >= 15 is 0 Å². The van der Waals surface area contributed by atoms with Crippen LogP contribution in [0.4, 0.5) is 11.4 Å². The number of nitrogens with one attached hydrogen (secondary N) is 2. The number of nitrogens with zero attached hydrogens (tertiary/aromatic N) is 5. The van der Waals surface area contributed by atoms with Crippen molar-refractivity contribution >= 4 is 39.1 Å². The summed E-state index contributed by atoms with van der Waals surface area (Å²) in [6, 6.07) is 11.5. The van der Waals surface area contributed by atoms with E-state index in [-0.39, 0.29) is 5.91 Å². The minimum Gasteiger partial charge on any atom is -0.368 e. The molecule has 8 nitrogen and oxygen atoms in total. The van der Waals surface area contributed by atoms with Crippen LogP contribution in [0.15, 0.2) is 48.8 Å². The van der Waals surface area contributed by atoms with Crippen LogP contribution in [-0.4, -0.2) is 52.1 Å². The molecule has 0 atom stereocenters. The van der Waals surface area contributed by atoms with E-state index in [9.17, 15) is 4.79 Å². The quantitative estimate of drug-likeness (QED) is 0.560. The summed E-state index contributed by atoms with van der Waals surface area (Å²) in [4.78, 5) is 15.3. The zero-order valence-electron chi connectivity index (χ0n) is 16.1. The standard InChI is InChI=1S/C21H21N7O/c1-27-13-14-2-3-15(12-18(14)26-27)24-21(29)17-4-5-19(28-10-8-22-9-11-28)16-6-7-23-25-20(16)17/h2-7,12-13,22H,8-11H2,1H3,(H,24,29). The van der Waals surface area contributed by atoms with Gasteiger partial charge >= 0.3 is 0 Å². The van der Waals surface area contributed by atoms with Gasteiger partial charge in [0.05, 0.1) is 17.3 Å². The summed E-state index contributed by atoms with van der Waals surface area (Å²) in [7, 11) is 1.88. The Bertz CT molecular complexity index is 1210. The van der Waals surface area contributed by atoms with Crippen LogP contribution in [0.3, 0.4) is 0 Å². The predicted octanol–water partition coefficient (Wildman–Crippen LogP) is 2.18. The summed E-state index contributed by atoms with van der Waals surface area (Å²) in [6.45, 7) is 3.73. The third-order valence-electron chi connectivity index (χ3n) is 5.24. The van der Waals surface area contributed by atoms with Crippen molar-refractivity contribution in [2.24, 2.45) is 7.05 Å². The molecule has 0 spiro atoms. The zero-order valence-corrected chi connectivity index (χ0v) is 16.1. The number of carbonyl (C=O) groups is 1. The maximum absolute atomic E-state index is 13.0. The van der Waals surface area contributed by atoms with Crippen molar-refractivity contribution in [1.82, 2.24) is 25.3 Å². The molecule has 2 N–H and O–H groups in total. The molecule has 0 radical (unpaired) electrons. The average molecular weight is 387 g/mol. The molecule has 1 aliphatic rings. The van der Waals surface area contributed by atoms with Gasteiger partial charge in [0.15, 0.2) is 0 Å². The van der Waals surface area contributed by atoms with Gasteiger partial charge in [0.1, 0.15) is 5.52 Å². The minimum absolute atomic E-state index is 0.211. The van der Waals surface area contributed by atoms with Crippen molar-refractivity contribution in [3.63, 3.8) is 0 Å². The Morgan fingerprint density at radius 1 is 1.14 bits per heavy atom. The molecular weight excluding hydrogens is 366 g/mol. The summed E-state index contributed by atoms with van der Waals surface area (Å²) >= 11 is 0. The number of carbonyl (C=O) groups excluding carboxylic acids is 1. The van der Waals surface area contributed by atoms with Gasteiger partial charge in [0.2, 0.25) is 0 Å². The molecule has 1 saturated heterocycles. The van der Waals surface area contributed by atoms with E-state index in [1.807, 2.05) is 49.6 Å². The van der Waals surface area contributed by atoms with E-state index in [1.54, 1.807) is 10.9 Å². The van der Waals surface area contributed by atoms with Gasteiger partial charge in [-0.1, -0.05) is 0 Å². The van der Waals surface area contributed by atoms with Crippen LogP contribution in [0.1, 0.15) is 10.4 Å². The molecule has 4 aromatic rings. The topological polar surface area (TPSA) is 88.0 Å². The molecule has 5 rings (SSSR count). The molecule has 29 heavy (non-hydrogen) atoms. The predicted molar refractivity (Wildman–Crippen MR) is 113 cm³/mol. The molecule has 1 amide bonds. The molecule has 0 aliphatic carbocycles. The van der Waals surface area contributed by atoms with E-state index in [2.05, 4.69) is 30.8 Å². The highest BCUT2D eigenvalue weighted by molar-refractivity contribution is 6.14. The number of aromatic nitrogens is 4. The van der Waals surface area contributed by atoms with E-state index in [4.69, 9.17) is 0 Å². The Morgan fingerprint density at radius 2 is 2.00 bits per heavy atom. The van der Waals surface area contributed by atoms with Crippen molar-refractivity contribution in [3.8, 4) is 0 Å². The summed E-state index contributed by atoms with van der Waals surface area (Å²) in [5.74, 6) is -0.211. The van der Waals surface area contributed by atoms with Gasteiger partial charge in [-0.15, -0.1) is 5.10 Å². The van der Waals surface area contributed by atoms with Gasteiger partial charge in [-0.25, -0.2) is 0 Å². The Morgan fingerprint density at radius 3 is 2.86 bits per heavy atom. The second kappa shape index (κ2) is 7.14. The number of hydrogen-bond donors (Lipinski definition) is 2. The van der Waals surface area contributed by atoms with Gasteiger partial charge in [0, 0.05) is 61.6 Å². The van der Waals surface area contributed by atoms with Crippen molar-refractivity contribution in [1.29, 1.82) is 0 Å². The van der Waals surface area contributed by atoms with Crippen LogP contribution in [-0.2, 0) is 7.05 Å². The monoisotopic (exact) mass is 387 g/mol. The summed E-state index contributed by atoms with van der Waals surface area (Å²) in [6.07, 6.45) is 3.61. The largest absolute Gasteiger partial charge is 0.368 e. The number of benzene rings is 2. The first kappa shape index (κ1) is 17.6. The molecule has 8 heteroatoms. The lowest BCUT2D eigenvalue weighted by atomic mass is 10.1. The first-order valence-corrected chi connectivity index (χ1v) is 9.64. The minimum atomic E-state index is -0.211. The number of piperazine rings is 1. The summed E-state index contributed by atoms with van der Waals surface area (Å²) in [5, 5.41) is 21.0. The first-order chi connectivity index (χ1) is 14.2. The maximum Gasteiger partial charge on any atom is 0.257 e. The van der Waals surface area contributed by atoms with Gasteiger partial charge in [0.25, 0.3) is 5.91 Å². The van der Waals surface area contributed by atoms with Crippen LogP contribution in [0.2, 0.25) is 0 Å². The van der Waals surface area contributed by atoms with Crippen molar-refractivity contribution in [2.75, 3.05) is 36.4 Å². The van der Waals surface area contributed by atoms with Crippen LogP contribution in [0, 0.1) is 0 Å². The summed E-state index contributed by atoms with van der Waals surface area (Å²) < 4.78 is 1.76. The second-order valence-electron chi connectivity index (χ2n) is 7.19. The highest BCUT2D eigenvalue weighted by atomic mass is 16.1. The molecule has 0 saturated carbocycles. The van der Waals surface area contributed by atoms with Crippen molar-refractivity contribution in [3.05, 3.63) is 54.4 Å². The number of rotatable bonds is 3. The lowest BCUT2D eigenvalue weighted by Crippen LogP contribution is -2.43. The average Bonchev–Trinajstić information content (AvgIpc) is 3.13. The third kappa shape index (κ3) is 3.27. The lowest BCUT2D eigenvalue weighted by Gasteiger charge is -2.30. The van der Waals surface area contributed by atoms with E-state index in [0.717, 1.165) is 48.2 Å². The first-order valence-electron chi connectivity index (χ1n) is 9.64. The SMILES string of the molecule is Cn1cc2ccc(NC(=O)c3ccc(N4CCNCC4)c4ccnnc34)cc2n1. The number of fused-ring (bicyclic) bond motifs is 2. The molecule has 3 heterocycles. The number of anilines is 2. The zero-order chi connectivity index (χ0) is 19.8. The van der Waals surface area contributed by atoms with Crippen LogP contribution < -0.4 is 15.5 Å². The fourth-order valence-corrected chi connectivity index (χ4v) is 3.85. The maximum atomic E-state index is 13.0.